The first-order valence-corrected chi connectivity index (χ1v) is 5.11. The van der Waals surface area contributed by atoms with E-state index in [0.717, 1.165) is 16.2 Å². The third kappa shape index (κ3) is 1.24. The molecule has 16 heavy (non-hydrogen) atoms. The summed E-state index contributed by atoms with van der Waals surface area (Å²) in [7, 11) is 0. The molecule has 3 rings (SSSR count). The molecule has 0 atom stereocenters. The fraction of sp³-hybridized carbons (Fsp3) is 0. The number of benzene rings is 3. The van der Waals surface area contributed by atoms with Gasteiger partial charge in [0.25, 0.3) is 0 Å². The minimum atomic E-state index is 0.684. The van der Waals surface area contributed by atoms with E-state index in [1.165, 1.54) is 5.39 Å². The van der Waals surface area contributed by atoms with Crippen molar-refractivity contribution in [2.45, 2.75) is 0 Å². The molecule has 0 aromatic heterocycles. The molecule has 0 heterocycles. The Labute approximate surface area is 93.6 Å². The predicted octanol–water partition coefficient (Wildman–Crippen LogP) is 3.66. The van der Waals surface area contributed by atoms with Crippen molar-refractivity contribution < 1.29 is 0 Å². The Bertz CT molecular complexity index is 720. The predicted molar refractivity (Wildman–Crippen MR) is 65.0 cm³/mol. The van der Waals surface area contributed by atoms with E-state index in [1.807, 2.05) is 18.2 Å². The van der Waals surface area contributed by atoms with Crippen molar-refractivity contribution in [3.8, 4) is 6.07 Å². The highest BCUT2D eigenvalue weighted by molar-refractivity contribution is 6.00. The molecule has 0 amide bonds. The minimum absolute atomic E-state index is 0.684. The summed E-state index contributed by atoms with van der Waals surface area (Å²) in [6, 6.07) is 21.2. The highest BCUT2D eigenvalue weighted by Gasteiger charge is 2.01. The summed E-state index contributed by atoms with van der Waals surface area (Å²) in [5.74, 6) is 0. The van der Waals surface area contributed by atoms with Gasteiger partial charge in [-0.1, -0.05) is 24.3 Å². The van der Waals surface area contributed by atoms with Crippen LogP contribution in [0.5, 0.6) is 0 Å². The molecular weight excluding hydrogens is 194 g/mol. The Morgan fingerprint density at radius 3 is 2.44 bits per heavy atom. The third-order valence-electron chi connectivity index (χ3n) is 2.79. The lowest BCUT2D eigenvalue weighted by molar-refractivity contribution is 1.50. The number of hydrogen-bond acceptors (Lipinski definition) is 1. The van der Waals surface area contributed by atoms with Gasteiger partial charge in [-0.25, -0.2) is 0 Å². The van der Waals surface area contributed by atoms with Gasteiger partial charge in [-0.05, 0) is 46.5 Å². The van der Waals surface area contributed by atoms with E-state index < -0.39 is 0 Å². The van der Waals surface area contributed by atoms with Crippen LogP contribution in [0.1, 0.15) is 5.56 Å². The van der Waals surface area contributed by atoms with E-state index in [0.29, 0.717) is 5.56 Å². The first-order valence-electron chi connectivity index (χ1n) is 5.11. The van der Waals surface area contributed by atoms with E-state index in [4.69, 9.17) is 5.26 Å². The van der Waals surface area contributed by atoms with Gasteiger partial charge in [0.1, 0.15) is 0 Å². The van der Waals surface area contributed by atoms with E-state index in [2.05, 4.69) is 36.4 Å². The lowest BCUT2D eigenvalue weighted by atomic mass is 10.0. The van der Waals surface area contributed by atoms with E-state index >= 15 is 0 Å². The lowest BCUT2D eigenvalue weighted by Crippen LogP contribution is -1.80. The summed E-state index contributed by atoms with van der Waals surface area (Å²) in [4.78, 5) is 0. The maximum absolute atomic E-state index is 9.04. The fourth-order valence-electron chi connectivity index (χ4n) is 2.00. The maximum atomic E-state index is 9.04. The molecule has 0 bridgehead atoms. The van der Waals surface area contributed by atoms with Crippen LogP contribution in [0.4, 0.5) is 0 Å². The highest BCUT2D eigenvalue weighted by Crippen LogP contribution is 2.24. The summed E-state index contributed by atoms with van der Waals surface area (Å²) in [6.45, 7) is 0. The second kappa shape index (κ2) is 3.36. The number of nitrogens with zero attached hydrogens (tertiary/aromatic N) is 1. The van der Waals surface area contributed by atoms with Gasteiger partial charge in [-0.15, -0.1) is 0 Å². The van der Waals surface area contributed by atoms with Gasteiger partial charge in [0.15, 0.2) is 0 Å². The highest BCUT2D eigenvalue weighted by atomic mass is 14.2. The van der Waals surface area contributed by atoms with Gasteiger partial charge in [-0.2, -0.15) is 5.26 Å². The second-order valence-corrected chi connectivity index (χ2v) is 3.77. The molecule has 0 unspecified atom stereocenters. The molecular formula is C15H8N. The molecule has 1 heteroatoms. The molecule has 3 aromatic rings. The Hall–Kier alpha value is -2.33. The topological polar surface area (TPSA) is 23.8 Å². The molecule has 3 aromatic carbocycles. The van der Waals surface area contributed by atoms with Crippen molar-refractivity contribution in [3.05, 3.63) is 60.2 Å². The van der Waals surface area contributed by atoms with Crippen LogP contribution in [0.2, 0.25) is 0 Å². The minimum Gasteiger partial charge on any atom is -0.192 e. The molecule has 73 valence electrons. The molecule has 0 aliphatic rings. The summed E-state index contributed by atoms with van der Waals surface area (Å²) in [5.41, 5.74) is 0.684. The van der Waals surface area contributed by atoms with Gasteiger partial charge in [0, 0.05) is 5.39 Å². The van der Waals surface area contributed by atoms with E-state index in [-0.39, 0.29) is 0 Å². The van der Waals surface area contributed by atoms with Gasteiger partial charge in [0.2, 0.25) is 0 Å². The Morgan fingerprint density at radius 1 is 0.938 bits per heavy atom. The summed E-state index contributed by atoms with van der Waals surface area (Å²) >= 11 is 0. The molecule has 1 radical (unpaired) electrons. The SMILES string of the molecule is N#Cc1c[c]cc2cc3ccccc3cc12. The maximum Gasteiger partial charge on any atom is 0.0998 e. The summed E-state index contributed by atoms with van der Waals surface area (Å²) in [5, 5.41) is 13.5. The van der Waals surface area contributed by atoms with Gasteiger partial charge in [-0.3, -0.25) is 0 Å². The third-order valence-corrected chi connectivity index (χ3v) is 2.79. The van der Waals surface area contributed by atoms with Crippen molar-refractivity contribution in [1.29, 1.82) is 5.26 Å². The zero-order valence-electron chi connectivity index (χ0n) is 8.57. The Balaban J connectivity index is 2.52. The van der Waals surface area contributed by atoms with E-state index in [1.54, 1.807) is 6.07 Å². The standard InChI is InChI=1S/C15H8N/c16-10-14-7-3-6-13-8-11-4-1-2-5-12(11)9-15(13)14/h1-2,4-9H. The van der Waals surface area contributed by atoms with E-state index in [9.17, 15) is 0 Å². The summed E-state index contributed by atoms with van der Waals surface area (Å²) < 4.78 is 0. The van der Waals surface area contributed by atoms with Gasteiger partial charge < -0.3 is 0 Å². The first-order chi connectivity index (χ1) is 7.88. The molecule has 0 fully saturated rings. The van der Waals surface area contributed by atoms with Crippen LogP contribution in [0, 0.1) is 17.4 Å². The Kier molecular flexibility index (Phi) is 1.88. The molecule has 1 nitrogen and oxygen atoms in total. The van der Waals surface area contributed by atoms with Crippen molar-refractivity contribution in [3.63, 3.8) is 0 Å². The number of fused-ring (bicyclic) bond motifs is 2. The zero-order valence-corrected chi connectivity index (χ0v) is 8.57. The fourth-order valence-corrected chi connectivity index (χ4v) is 2.00. The number of hydrogen-bond donors (Lipinski definition) is 0. The van der Waals surface area contributed by atoms with Crippen LogP contribution < -0.4 is 0 Å². The van der Waals surface area contributed by atoms with Crippen molar-refractivity contribution in [2.24, 2.45) is 0 Å². The van der Waals surface area contributed by atoms with Crippen molar-refractivity contribution in [2.75, 3.05) is 0 Å². The van der Waals surface area contributed by atoms with Crippen LogP contribution >= 0.6 is 0 Å². The average Bonchev–Trinajstić information content (AvgIpc) is 2.35. The second-order valence-electron chi connectivity index (χ2n) is 3.77. The molecule has 0 N–H and O–H groups in total. The molecule has 0 aliphatic heterocycles. The zero-order chi connectivity index (χ0) is 11.0. The molecule has 0 spiro atoms. The largest absolute Gasteiger partial charge is 0.192 e. The number of nitriles is 1. The van der Waals surface area contributed by atoms with Crippen LogP contribution in [0.25, 0.3) is 21.5 Å². The van der Waals surface area contributed by atoms with Gasteiger partial charge in [0.05, 0.1) is 11.6 Å². The van der Waals surface area contributed by atoms with Crippen LogP contribution in [0.3, 0.4) is 0 Å². The number of rotatable bonds is 0. The molecule has 0 saturated heterocycles. The van der Waals surface area contributed by atoms with Gasteiger partial charge >= 0.3 is 0 Å². The van der Waals surface area contributed by atoms with Crippen molar-refractivity contribution in [1.82, 2.24) is 0 Å². The van der Waals surface area contributed by atoms with Crippen LogP contribution in [-0.2, 0) is 0 Å². The average molecular weight is 202 g/mol. The van der Waals surface area contributed by atoms with Crippen molar-refractivity contribution >= 4 is 21.5 Å². The normalized spacial score (nSPS) is 10.4. The molecule has 0 saturated carbocycles. The smallest absolute Gasteiger partial charge is 0.0998 e. The lowest BCUT2D eigenvalue weighted by Gasteiger charge is -2.02. The van der Waals surface area contributed by atoms with Crippen LogP contribution in [0.15, 0.2) is 48.5 Å². The molecule has 0 aliphatic carbocycles. The quantitative estimate of drug-likeness (QED) is 0.510. The van der Waals surface area contributed by atoms with Crippen LogP contribution in [-0.4, -0.2) is 0 Å². The summed E-state index contributed by atoms with van der Waals surface area (Å²) in [6.07, 6.45) is 0. The first kappa shape index (κ1) is 8.94. The monoisotopic (exact) mass is 202 g/mol. The Morgan fingerprint density at radius 2 is 1.69 bits per heavy atom.